The van der Waals surface area contributed by atoms with Gasteiger partial charge in [-0.2, -0.15) is 0 Å². The van der Waals surface area contributed by atoms with Crippen LogP contribution < -0.4 is 5.32 Å². The van der Waals surface area contributed by atoms with Crippen LogP contribution in [0, 0.1) is 25.5 Å². The van der Waals surface area contributed by atoms with Gasteiger partial charge in [0.25, 0.3) is 5.91 Å². The zero-order chi connectivity index (χ0) is 14.0. The molecule has 2 aromatic rings. The molecule has 0 radical (unpaired) electrons. The Labute approximate surface area is 108 Å². The zero-order valence-electron chi connectivity index (χ0n) is 10.4. The molecule has 0 aliphatic rings. The highest BCUT2D eigenvalue weighted by Crippen LogP contribution is 2.11. The summed E-state index contributed by atoms with van der Waals surface area (Å²) in [6.45, 7) is 3.53. The van der Waals surface area contributed by atoms with E-state index in [1.54, 1.807) is 19.9 Å². The number of halogens is 2. The molecule has 1 heterocycles. The number of rotatable bonds is 2. The molecular formula is C13H11F2N3O. The first kappa shape index (κ1) is 13.1. The van der Waals surface area contributed by atoms with Crippen molar-refractivity contribution in [3.05, 3.63) is 52.9 Å². The number of aryl methyl sites for hydroxylation is 2. The highest BCUT2D eigenvalue weighted by Gasteiger charge is 2.11. The minimum absolute atomic E-state index is 0.00154. The summed E-state index contributed by atoms with van der Waals surface area (Å²) in [4.78, 5) is 19.9. The molecular weight excluding hydrogens is 252 g/mol. The predicted octanol–water partition coefficient (Wildman–Crippen LogP) is 2.62. The molecule has 1 amide bonds. The smallest absolute Gasteiger partial charge is 0.258 e. The van der Waals surface area contributed by atoms with Crippen molar-refractivity contribution in [2.45, 2.75) is 13.8 Å². The molecule has 6 heteroatoms. The van der Waals surface area contributed by atoms with Crippen molar-refractivity contribution in [1.29, 1.82) is 0 Å². The molecule has 2 rings (SSSR count). The van der Waals surface area contributed by atoms with E-state index in [1.165, 1.54) is 6.07 Å². The van der Waals surface area contributed by atoms with Gasteiger partial charge in [0.05, 0.1) is 0 Å². The van der Waals surface area contributed by atoms with Gasteiger partial charge in [0.1, 0.15) is 0 Å². The van der Waals surface area contributed by atoms with Crippen molar-refractivity contribution < 1.29 is 13.6 Å². The van der Waals surface area contributed by atoms with Gasteiger partial charge >= 0.3 is 0 Å². The Kier molecular flexibility index (Phi) is 3.50. The topological polar surface area (TPSA) is 54.9 Å². The second-order valence-electron chi connectivity index (χ2n) is 4.06. The van der Waals surface area contributed by atoms with E-state index < -0.39 is 17.5 Å². The van der Waals surface area contributed by atoms with E-state index in [9.17, 15) is 13.6 Å². The number of benzene rings is 1. The number of nitrogens with one attached hydrogen (secondary N) is 1. The average Bonchev–Trinajstić information content (AvgIpc) is 2.31. The summed E-state index contributed by atoms with van der Waals surface area (Å²) in [5.74, 6) is -2.54. The molecule has 98 valence electrons. The lowest BCUT2D eigenvalue weighted by atomic mass is 10.2. The molecule has 0 unspecified atom stereocenters. The van der Waals surface area contributed by atoms with E-state index in [-0.39, 0.29) is 11.5 Å². The third-order valence-corrected chi connectivity index (χ3v) is 2.39. The van der Waals surface area contributed by atoms with Gasteiger partial charge < -0.3 is 0 Å². The molecule has 4 nitrogen and oxygen atoms in total. The van der Waals surface area contributed by atoms with Crippen LogP contribution in [0.1, 0.15) is 21.7 Å². The predicted molar refractivity (Wildman–Crippen MR) is 65.8 cm³/mol. The van der Waals surface area contributed by atoms with Crippen LogP contribution in [0.2, 0.25) is 0 Å². The van der Waals surface area contributed by atoms with Gasteiger partial charge in [-0.15, -0.1) is 0 Å². The van der Waals surface area contributed by atoms with Crippen molar-refractivity contribution in [2.75, 3.05) is 5.32 Å². The summed E-state index contributed by atoms with van der Waals surface area (Å²) in [6.07, 6.45) is 0. The highest BCUT2D eigenvalue weighted by molar-refractivity contribution is 6.03. The van der Waals surface area contributed by atoms with Gasteiger partial charge in [-0.3, -0.25) is 10.1 Å². The van der Waals surface area contributed by atoms with Crippen LogP contribution in [-0.4, -0.2) is 15.9 Å². The van der Waals surface area contributed by atoms with Crippen LogP contribution in [-0.2, 0) is 0 Å². The SMILES string of the molecule is Cc1cc(C)nc(NC(=O)c2ccc(F)c(F)c2)n1. The summed E-state index contributed by atoms with van der Waals surface area (Å²) in [5.41, 5.74) is 1.41. The lowest BCUT2D eigenvalue weighted by Gasteiger charge is -2.05. The second kappa shape index (κ2) is 5.09. The maximum Gasteiger partial charge on any atom is 0.258 e. The van der Waals surface area contributed by atoms with Gasteiger partial charge in [0.15, 0.2) is 11.6 Å². The number of nitrogens with zero attached hydrogens (tertiary/aromatic N) is 2. The first-order valence-electron chi connectivity index (χ1n) is 5.54. The van der Waals surface area contributed by atoms with E-state index >= 15 is 0 Å². The molecule has 1 N–H and O–H groups in total. The Balaban J connectivity index is 2.22. The Morgan fingerprint density at radius 2 is 1.68 bits per heavy atom. The monoisotopic (exact) mass is 263 g/mol. The molecule has 0 bridgehead atoms. The molecule has 19 heavy (non-hydrogen) atoms. The molecule has 0 atom stereocenters. The van der Waals surface area contributed by atoms with Crippen LogP contribution in [0.4, 0.5) is 14.7 Å². The van der Waals surface area contributed by atoms with Crippen molar-refractivity contribution in [3.8, 4) is 0 Å². The first-order valence-corrected chi connectivity index (χ1v) is 5.54. The van der Waals surface area contributed by atoms with Crippen LogP contribution in [0.25, 0.3) is 0 Å². The Morgan fingerprint density at radius 1 is 1.05 bits per heavy atom. The normalized spacial score (nSPS) is 10.3. The third-order valence-electron chi connectivity index (χ3n) is 2.39. The Hall–Kier alpha value is -2.37. The van der Waals surface area contributed by atoms with E-state index in [0.717, 1.165) is 12.1 Å². The van der Waals surface area contributed by atoms with Gasteiger partial charge in [0.2, 0.25) is 5.95 Å². The first-order chi connectivity index (χ1) is 8.95. The number of anilines is 1. The maximum atomic E-state index is 13.0. The van der Waals surface area contributed by atoms with Gasteiger partial charge in [-0.05, 0) is 38.1 Å². The molecule has 1 aromatic heterocycles. The lowest BCUT2D eigenvalue weighted by Crippen LogP contribution is -2.15. The molecule has 0 spiro atoms. The van der Waals surface area contributed by atoms with Gasteiger partial charge in [-0.25, -0.2) is 18.7 Å². The zero-order valence-corrected chi connectivity index (χ0v) is 10.4. The standard InChI is InChI=1S/C13H11F2N3O/c1-7-5-8(2)17-13(16-7)18-12(19)9-3-4-10(14)11(15)6-9/h3-6H,1-2H3,(H,16,17,18,19). The van der Waals surface area contributed by atoms with E-state index in [0.29, 0.717) is 11.4 Å². The quantitative estimate of drug-likeness (QED) is 0.906. The van der Waals surface area contributed by atoms with E-state index in [1.807, 2.05) is 0 Å². The lowest BCUT2D eigenvalue weighted by molar-refractivity contribution is 0.102. The molecule has 1 aromatic carbocycles. The maximum absolute atomic E-state index is 13.0. The number of hydrogen-bond donors (Lipinski definition) is 1. The largest absolute Gasteiger partial charge is 0.290 e. The molecule has 0 aliphatic carbocycles. The fourth-order valence-electron chi connectivity index (χ4n) is 1.59. The summed E-state index contributed by atoms with van der Waals surface area (Å²) < 4.78 is 25.8. The van der Waals surface area contributed by atoms with Crippen molar-refractivity contribution >= 4 is 11.9 Å². The third kappa shape index (κ3) is 3.09. The van der Waals surface area contributed by atoms with Crippen molar-refractivity contribution in [3.63, 3.8) is 0 Å². The number of carbonyl (C=O) groups excluding carboxylic acids is 1. The van der Waals surface area contributed by atoms with Crippen LogP contribution in [0.15, 0.2) is 24.3 Å². The fourth-order valence-corrected chi connectivity index (χ4v) is 1.59. The minimum Gasteiger partial charge on any atom is -0.290 e. The van der Waals surface area contributed by atoms with Crippen LogP contribution >= 0.6 is 0 Å². The van der Waals surface area contributed by atoms with Crippen molar-refractivity contribution in [2.24, 2.45) is 0 Å². The molecule has 0 fully saturated rings. The Bertz CT molecular complexity index is 624. The highest BCUT2D eigenvalue weighted by atomic mass is 19.2. The number of amides is 1. The Morgan fingerprint density at radius 3 is 2.26 bits per heavy atom. The molecule has 0 saturated carbocycles. The number of aromatic nitrogens is 2. The molecule has 0 saturated heterocycles. The summed E-state index contributed by atoms with van der Waals surface area (Å²) in [6, 6.07) is 4.67. The van der Waals surface area contributed by atoms with Gasteiger partial charge in [0, 0.05) is 17.0 Å². The number of hydrogen-bond acceptors (Lipinski definition) is 3. The number of carbonyl (C=O) groups is 1. The molecule has 0 aliphatic heterocycles. The summed E-state index contributed by atoms with van der Waals surface area (Å²) in [7, 11) is 0. The van der Waals surface area contributed by atoms with Gasteiger partial charge in [-0.1, -0.05) is 0 Å². The summed E-state index contributed by atoms with van der Waals surface area (Å²) in [5, 5.41) is 2.44. The van der Waals surface area contributed by atoms with Crippen LogP contribution in [0.5, 0.6) is 0 Å². The van der Waals surface area contributed by atoms with Crippen LogP contribution in [0.3, 0.4) is 0 Å². The fraction of sp³-hybridized carbons (Fsp3) is 0.154. The van der Waals surface area contributed by atoms with E-state index in [4.69, 9.17) is 0 Å². The average molecular weight is 263 g/mol. The van der Waals surface area contributed by atoms with Crippen molar-refractivity contribution in [1.82, 2.24) is 9.97 Å². The minimum atomic E-state index is -1.08. The van der Waals surface area contributed by atoms with E-state index in [2.05, 4.69) is 15.3 Å². The second-order valence-corrected chi connectivity index (χ2v) is 4.06. The summed E-state index contributed by atoms with van der Waals surface area (Å²) >= 11 is 0.